The van der Waals surface area contributed by atoms with E-state index in [1.54, 1.807) is 7.11 Å². The number of nitrogens with one attached hydrogen (secondary N) is 1. The number of methoxy groups -OCH3 is 1. The Labute approximate surface area is 138 Å². The first kappa shape index (κ1) is 16.1. The number of benzene rings is 1. The predicted octanol–water partition coefficient (Wildman–Crippen LogP) is 1.88. The van der Waals surface area contributed by atoms with E-state index in [1.807, 2.05) is 23.1 Å². The molecule has 2 aliphatic rings. The second-order valence-electron chi connectivity index (χ2n) is 6.40. The highest BCUT2D eigenvalue weighted by Gasteiger charge is 2.23. The van der Waals surface area contributed by atoms with Crippen LogP contribution in [0.25, 0.3) is 0 Å². The van der Waals surface area contributed by atoms with E-state index in [2.05, 4.69) is 16.3 Å². The van der Waals surface area contributed by atoms with Crippen molar-refractivity contribution in [1.82, 2.24) is 10.2 Å². The number of piperazine rings is 1. The third-order valence-corrected chi connectivity index (χ3v) is 4.96. The van der Waals surface area contributed by atoms with E-state index < -0.39 is 0 Å². The second kappa shape index (κ2) is 7.68. The molecule has 1 aromatic carbocycles. The average Bonchev–Trinajstić information content (AvgIpc) is 3.13. The van der Waals surface area contributed by atoms with Gasteiger partial charge >= 0.3 is 0 Å². The number of hydrogen-bond acceptors (Lipinski definition) is 4. The third-order valence-electron chi connectivity index (χ3n) is 4.96. The van der Waals surface area contributed by atoms with Gasteiger partial charge in [0.15, 0.2) is 0 Å². The van der Waals surface area contributed by atoms with Crippen LogP contribution in [0.3, 0.4) is 0 Å². The molecule has 5 heteroatoms. The third kappa shape index (κ3) is 3.96. The van der Waals surface area contributed by atoms with Gasteiger partial charge in [-0.15, -0.1) is 0 Å². The van der Waals surface area contributed by atoms with Gasteiger partial charge in [0.1, 0.15) is 5.75 Å². The lowest BCUT2D eigenvalue weighted by molar-refractivity contribution is -0.130. The monoisotopic (exact) mass is 317 g/mol. The smallest absolute Gasteiger partial charge is 0.236 e. The van der Waals surface area contributed by atoms with Crippen molar-refractivity contribution in [2.45, 2.75) is 31.7 Å². The number of carbonyl (C=O) groups excluding carboxylic acids is 1. The Morgan fingerprint density at radius 1 is 1.17 bits per heavy atom. The van der Waals surface area contributed by atoms with Gasteiger partial charge in [-0.1, -0.05) is 25.0 Å². The van der Waals surface area contributed by atoms with Crippen molar-refractivity contribution in [3.8, 4) is 5.75 Å². The minimum absolute atomic E-state index is 0.233. The summed E-state index contributed by atoms with van der Waals surface area (Å²) < 4.78 is 5.44. The molecule has 2 fully saturated rings. The zero-order valence-electron chi connectivity index (χ0n) is 14.0. The second-order valence-corrected chi connectivity index (χ2v) is 6.40. The van der Waals surface area contributed by atoms with Crippen molar-refractivity contribution in [3.05, 3.63) is 24.3 Å². The molecule has 3 rings (SSSR count). The minimum Gasteiger partial charge on any atom is -0.495 e. The van der Waals surface area contributed by atoms with E-state index in [4.69, 9.17) is 4.74 Å². The van der Waals surface area contributed by atoms with Crippen LogP contribution in [0.1, 0.15) is 25.7 Å². The molecule has 0 atom stereocenters. The maximum atomic E-state index is 12.3. The van der Waals surface area contributed by atoms with Crippen LogP contribution in [0, 0.1) is 0 Å². The molecule has 0 bridgehead atoms. The maximum absolute atomic E-state index is 12.3. The highest BCUT2D eigenvalue weighted by atomic mass is 16.5. The first-order valence-electron chi connectivity index (χ1n) is 8.67. The van der Waals surface area contributed by atoms with E-state index in [0.717, 1.165) is 37.6 Å². The van der Waals surface area contributed by atoms with E-state index >= 15 is 0 Å². The number of para-hydroxylation sites is 2. The van der Waals surface area contributed by atoms with Crippen molar-refractivity contribution in [1.29, 1.82) is 0 Å². The molecule has 5 nitrogen and oxygen atoms in total. The predicted molar refractivity (Wildman–Crippen MR) is 92.0 cm³/mol. The molecule has 1 aliphatic heterocycles. The van der Waals surface area contributed by atoms with Crippen LogP contribution in [0.15, 0.2) is 24.3 Å². The lowest BCUT2D eigenvalue weighted by atomic mass is 10.2. The molecule has 0 spiro atoms. The Hall–Kier alpha value is -1.75. The fourth-order valence-electron chi connectivity index (χ4n) is 3.56. The van der Waals surface area contributed by atoms with Gasteiger partial charge in [-0.3, -0.25) is 4.79 Å². The molecule has 1 aromatic rings. The molecule has 0 aromatic heterocycles. The van der Waals surface area contributed by atoms with Crippen LogP contribution in [-0.4, -0.2) is 56.7 Å². The van der Waals surface area contributed by atoms with E-state index in [0.29, 0.717) is 12.6 Å². The number of carbonyl (C=O) groups is 1. The Bertz CT molecular complexity index is 521. The molecular formula is C18H27N3O2. The summed E-state index contributed by atoms with van der Waals surface area (Å²) in [7, 11) is 1.70. The lowest BCUT2D eigenvalue weighted by Gasteiger charge is -2.36. The van der Waals surface area contributed by atoms with Crippen molar-refractivity contribution in [2.75, 3.05) is 44.7 Å². The first-order valence-corrected chi connectivity index (χ1v) is 8.67. The fourth-order valence-corrected chi connectivity index (χ4v) is 3.56. The summed E-state index contributed by atoms with van der Waals surface area (Å²) >= 11 is 0. The Morgan fingerprint density at radius 2 is 1.87 bits per heavy atom. The minimum atomic E-state index is 0.233. The molecule has 0 unspecified atom stereocenters. The van der Waals surface area contributed by atoms with Crippen molar-refractivity contribution in [3.63, 3.8) is 0 Å². The van der Waals surface area contributed by atoms with E-state index in [1.165, 1.54) is 25.7 Å². The van der Waals surface area contributed by atoms with Gasteiger partial charge < -0.3 is 19.9 Å². The average molecular weight is 317 g/mol. The molecule has 1 saturated carbocycles. The van der Waals surface area contributed by atoms with Gasteiger partial charge in [0.2, 0.25) is 5.91 Å². The molecule has 0 radical (unpaired) electrons. The molecule has 1 amide bonds. The Balaban J connectivity index is 1.48. The summed E-state index contributed by atoms with van der Waals surface area (Å²) in [6, 6.07) is 8.63. The summed E-state index contributed by atoms with van der Waals surface area (Å²) in [6.45, 7) is 3.76. The van der Waals surface area contributed by atoms with Crippen LogP contribution in [0.5, 0.6) is 5.75 Å². The van der Waals surface area contributed by atoms with Gasteiger partial charge in [-0.25, -0.2) is 0 Å². The normalized spacial score (nSPS) is 19.2. The Morgan fingerprint density at radius 3 is 2.57 bits per heavy atom. The molecule has 1 aliphatic carbocycles. The molecule has 23 heavy (non-hydrogen) atoms. The zero-order valence-corrected chi connectivity index (χ0v) is 14.0. The SMILES string of the molecule is COc1ccccc1N1CCN(C(=O)CNC2CCCC2)CC1. The summed E-state index contributed by atoms with van der Waals surface area (Å²) in [5.74, 6) is 1.13. The fraction of sp³-hybridized carbons (Fsp3) is 0.611. The van der Waals surface area contributed by atoms with Gasteiger partial charge in [0.05, 0.1) is 19.3 Å². The largest absolute Gasteiger partial charge is 0.495 e. The molecular weight excluding hydrogens is 290 g/mol. The number of rotatable bonds is 5. The van der Waals surface area contributed by atoms with E-state index in [9.17, 15) is 4.79 Å². The van der Waals surface area contributed by atoms with Crippen LogP contribution < -0.4 is 15.0 Å². The van der Waals surface area contributed by atoms with Crippen LogP contribution >= 0.6 is 0 Å². The first-order chi connectivity index (χ1) is 11.3. The molecule has 1 heterocycles. The summed E-state index contributed by atoms with van der Waals surface area (Å²) in [5.41, 5.74) is 1.12. The van der Waals surface area contributed by atoms with Gasteiger partial charge in [0, 0.05) is 32.2 Å². The molecule has 1 N–H and O–H groups in total. The Kier molecular flexibility index (Phi) is 5.39. The number of ether oxygens (including phenoxy) is 1. The highest BCUT2D eigenvalue weighted by Crippen LogP contribution is 2.28. The van der Waals surface area contributed by atoms with Crippen LogP contribution in [-0.2, 0) is 4.79 Å². The maximum Gasteiger partial charge on any atom is 0.236 e. The van der Waals surface area contributed by atoms with Gasteiger partial charge in [0.25, 0.3) is 0 Å². The zero-order chi connectivity index (χ0) is 16.1. The topological polar surface area (TPSA) is 44.8 Å². The quantitative estimate of drug-likeness (QED) is 0.900. The van der Waals surface area contributed by atoms with Gasteiger partial charge in [-0.05, 0) is 25.0 Å². The number of amides is 1. The van der Waals surface area contributed by atoms with Gasteiger partial charge in [-0.2, -0.15) is 0 Å². The molecule has 1 saturated heterocycles. The summed E-state index contributed by atoms with van der Waals surface area (Å²) in [4.78, 5) is 16.6. The van der Waals surface area contributed by atoms with Crippen molar-refractivity contribution >= 4 is 11.6 Å². The van der Waals surface area contributed by atoms with Crippen molar-refractivity contribution in [2.24, 2.45) is 0 Å². The standard InChI is InChI=1S/C18H27N3O2/c1-23-17-9-5-4-8-16(17)20-10-12-21(13-11-20)18(22)14-19-15-6-2-3-7-15/h4-5,8-9,15,19H,2-3,6-7,10-14H2,1H3. The number of hydrogen-bond donors (Lipinski definition) is 1. The van der Waals surface area contributed by atoms with Crippen LogP contribution in [0.4, 0.5) is 5.69 Å². The number of nitrogens with zero attached hydrogens (tertiary/aromatic N) is 2. The lowest BCUT2D eigenvalue weighted by Crippen LogP contribution is -2.51. The van der Waals surface area contributed by atoms with Crippen molar-refractivity contribution < 1.29 is 9.53 Å². The van der Waals surface area contributed by atoms with E-state index in [-0.39, 0.29) is 5.91 Å². The van der Waals surface area contributed by atoms with Crippen LogP contribution in [0.2, 0.25) is 0 Å². The highest BCUT2D eigenvalue weighted by molar-refractivity contribution is 5.78. The summed E-state index contributed by atoms with van der Waals surface area (Å²) in [6.07, 6.45) is 5.02. The molecule has 126 valence electrons. The summed E-state index contributed by atoms with van der Waals surface area (Å²) in [5, 5.41) is 3.41. The number of anilines is 1.